The molecule has 4 atom stereocenters. The number of aliphatic hydroxyl groups is 1. The molecule has 5 aliphatic rings. The monoisotopic (exact) mass is 408 g/mol. The Morgan fingerprint density at radius 1 is 1.27 bits per heavy atom. The van der Waals surface area contributed by atoms with Crippen molar-refractivity contribution in [3.8, 4) is 5.75 Å². The van der Waals surface area contributed by atoms with Gasteiger partial charge in [-0.2, -0.15) is 0 Å². The molecule has 2 bridgehead atoms. The third-order valence-corrected chi connectivity index (χ3v) is 8.21. The Morgan fingerprint density at radius 3 is 2.80 bits per heavy atom. The number of fused-ring (bicyclic) bond motifs is 1. The lowest BCUT2D eigenvalue weighted by molar-refractivity contribution is -0.296. The molecule has 2 saturated heterocycles. The van der Waals surface area contributed by atoms with Crippen LogP contribution in [0.25, 0.3) is 4.85 Å². The van der Waals surface area contributed by atoms with E-state index in [0.717, 1.165) is 31.5 Å². The summed E-state index contributed by atoms with van der Waals surface area (Å²) in [7, 11) is 0. The van der Waals surface area contributed by atoms with E-state index in [9.17, 15) is 5.11 Å². The first-order valence-electron chi connectivity index (χ1n) is 11.0. The molecule has 3 aliphatic heterocycles. The Balaban J connectivity index is 1.56. The number of allylic oxidation sites excluding steroid dienone is 1. The molecule has 2 unspecified atom stereocenters. The van der Waals surface area contributed by atoms with Crippen LogP contribution in [0.3, 0.4) is 0 Å². The minimum Gasteiger partial charge on any atom is -0.494 e. The first-order valence-corrected chi connectivity index (χ1v) is 11.0. The van der Waals surface area contributed by atoms with Gasteiger partial charge in [-0.15, -0.1) is 0 Å². The Kier molecular flexibility index (Phi) is 3.81. The number of nitrogens with zero attached hydrogens (tertiary/aromatic N) is 2. The minimum absolute atomic E-state index is 0.0175. The summed E-state index contributed by atoms with van der Waals surface area (Å²) in [6.07, 6.45) is 4.61. The number of ether oxygens (including phenoxy) is 3. The zero-order chi connectivity index (χ0) is 20.7. The molecule has 0 radical (unpaired) electrons. The van der Waals surface area contributed by atoms with Crippen LogP contribution in [-0.2, 0) is 21.3 Å². The molecule has 30 heavy (non-hydrogen) atoms. The van der Waals surface area contributed by atoms with Gasteiger partial charge in [0, 0.05) is 19.0 Å². The highest BCUT2D eigenvalue weighted by Gasteiger charge is 2.77. The average molecular weight is 408 g/mol. The number of hydrogen-bond donors (Lipinski definition) is 1. The molecule has 1 saturated carbocycles. The third kappa shape index (κ3) is 2.07. The molecule has 1 aromatic rings. The van der Waals surface area contributed by atoms with Crippen molar-refractivity contribution in [2.45, 2.75) is 68.5 Å². The van der Waals surface area contributed by atoms with Gasteiger partial charge in [0.25, 0.3) is 0 Å². The van der Waals surface area contributed by atoms with E-state index in [1.807, 2.05) is 6.07 Å². The topological polar surface area (TPSA) is 55.5 Å². The van der Waals surface area contributed by atoms with E-state index in [-0.39, 0.29) is 6.04 Å². The Labute approximate surface area is 177 Å². The van der Waals surface area contributed by atoms with Crippen LogP contribution in [0.2, 0.25) is 0 Å². The van der Waals surface area contributed by atoms with Crippen LogP contribution in [0.4, 0.5) is 5.69 Å². The second-order valence-electron chi connectivity index (χ2n) is 9.71. The van der Waals surface area contributed by atoms with Gasteiger partial charge in [-0.05, 0) is 50.8 Å². The van der Waals surface area contributed by atoms with Crippen molar-refractivity contribution in [2.75, 3.05) is 26.3 Å². The largest absolute Gasteiger partial charge is 0.494 e. The molecular formula is C24H28N2O4. The molecule has 2 aliphatic carbocycles. The summed E-state index contributed by atoms with van der Waals surface area (Å²) in [5, 5.41) is 12.4. The van der Waals surface area contributed by atoms with Crippen molar-refractivity contribution in [1.29, 1.82) is 0 Å². The fourth-order valence-electron chi connectivity index (χ4n) is 6.96. The zero-order valence-corrected chi connectivity index (χ0v) is 17.6. The molecule has 158 valence electrons. The highest BCUT2D eigenvalue weighted by Crippen LogP contribution is 2.68. The molecule has 1 aromatic carbocycles. The smallest absolute Gasteiger partial charge is 0.228 e. The van der Waals surface area contributed by atoms with Gasteiger partial charge in [0.1, 0.15) is 5.75 Å². The van der Waals surface area contributed by atoms with Crippen molar-refractivity contribution in [3.05, 3.63) is 46.3 Å². The molecular weight excluding hydrogens is 380 g/mol. The van der Waals surface area contributed by atoms with Crippen molar-refractivity contribution < 1.29 is 19.3 Å². The maximum absolute atomic E-state index is 12.4. The summed E-state index contributed by atoms with van der Waals surface area (Å²) >= 11 is 0. The van der Waals surface area contributed by atoms with Crippen molar-refractivity contribution in [2.24, 2.45) is 0 Å². The molecule has 6 rings (SSSR count). The van der Waals surface area contributed by atoms with Gasteiger partial charge < -0.3 is 19.3 Å². The van der Waals surface area contributed by atoms with E-state index in [0.29, 0.717) is 37.5 Å². The van der Waals surface area contributed by atoms with Crippen molar-refractivity contribution in [1.82, 2.24) is 4.90 Å². The van der Waals surface area contributed by atoms with Gasteiger partial charge in [-0.1, -0.05) is 23.8 Å². The number of benzene rings is 1. The van der Waals surface area contributed by atoms with Gasteiger partial charge in [0.15, 0.2) is 6.10 Å². The second kappa shape index (κ2) is 6.08. The third-order valence-electron chi connectivity index (χ3n) is 8.21. The number of rotatable bonds is 2. The molecule has 2 spiro atoms. The fourth-order valence-corrected chi connectivity index (χ4v) is 6.96. The highest BCUT2D eigenvalue weighted by molar-refractivity contribution is 5.70. The quantitative estimate of drug-likeness (QED) is 0.602. The van der Waals surface area contributed by atoms with Gasteiger partial charge >= 0.3 is 0 Å². The highest BCUT2D eigenvalue weighted by atomic mass is 16.8. The lowest BCUT2D eigenvalue weighted by atomic mass is 9.48. The Morgan fingerprint density at radius 2 is 2.07 bits per heavy atom. The number of likely N-dealkylation sites (tertiary alicyclic amines) is 1. The normalized spacial score (nSPS) is 37.4. The molecule has 3 heterocycles. The average Bonchev–Trinajstić information content (AvgIpc) is 3.33. The van der Waals surface area contributed by atoms with Gasteiger partial charge in [-0.25, -0.2) is 4.85 Å². The predicted octanol–water partition coefficient (Wildman–Crippen LogP) is 3.10. The summed E-state index contributed by atoms with van der Waals surface area (Å²) in [6.45, 7) is 14.7. The summed E-state index contributed by atoms with van der Waals surface area (Å²) in [5.74, 6) is -0.173. The van der Waals surface area contributed by atoms with E-state index < -0.39 is 22.9 Å². The molecule has 3 fully saturated rings. The molecule has 6 heteroatoms. The number of hydrogen-bond acceptors (Lipinski definition) is 5. The van der Waals surface area contributed by atoms with Crippen LogP contribution in [-0.4, -0.2) is 59.8 Å². The van der Waals surface area contributed by atoms with Gasteiger partial charge in [-0.3, -0.25) is 4.90 Å². The molecule has 0 aromatic heterocycles. The van der Waals surface area contributed by atoms with E-state index in [4.69, 9.17) is 20.8 Å². The minimum atomic E-state index is -0.926. The predicted molar refractivity (Wildman–Crippen MR) is 111 cm³/mol. The Bertz CT molecular complexity index is 988. The molecule has 1 N–H and O–H groups in total. The summed E-state index contributed by atoms with van der Waals surface area (Å²) in [6, 6.07) is 3.97. The lowest BCUT2D eigenvalue weighted by Crippen LogP contribution is -2.79. The van der Waals surface area contributed by atoms with E-state index in [1.54, 1.807) is 0 Å². The summed E-state index contributed by atoms with van der Waals surface area (Å²) in [5.41, 5.74) is 2.56. The SMILES string of the molecule is [C-]#[N+]c1ccc2c3c1OC1C4(CCC5(O)[C@@H](C2)N(CC=C(C)C)CC[C@]315)OCCO4. The van der Waals surface area contributed by atoms with Gasteiger partial charge in [0.2, 0.25) is 11.5 Å². The summed E-state index contributed by atoms with van der Waals surface area (Å²) < 4.78 is 19.0. The maximum atomic E-state index is 12.4. The van der Waals surface area contributed by atoms with Crippen molar-refractivity contribution in [3.63, 3.8) is 0 Å². The first-order chi connectivity index (χ1) is 14.5. The van der Waals surface area contributed by atoms with E-state index >= 15 is 0 Å². The van der Waals surface area contributed by atoms with E-state index in [2.05, 4.69) is 35.7 Å². The van der Waals surface area contributed by atoms with Crippen LogP contribution in [0.5, 0.6) is 5.75 Å². The van der Waals surface area contributed by atoms with Gasteiger partial charge in [0.05, 0.1) is 30.8 Å². The Hall–Kier alpha value is -1.91. The summed E-state index contributed by atoms with van der Waals surface area (Å²) in [4.78, 5) is 6.18. The van der Waals surface area contributed by atoms with Crippen molar-refractivity contribution >= 4 is 5.69 Å². The standard InChI is InChI=1S/C24H28N2O4/c1-15(2)6-10-26-11-9-22-19-16-4-5-17(25-3)20(19)30-21(22)24(28-12-13-29-24)8-7-23(22,27)18(26)14-16/h4-6,18,21,27H,7-14H2,1-2H3/t18-,21?,22+,23?/m1/s1. The fraction of sp³-hybridized carbons (Fsp3) is 0.625. The first kappa shape index (κ1) is 18.8. The molecule has 0 amide bonds. The van der Waals surface area contributed by atoms with Crippen LogP contribution < -0.4 is 4.74 Å². The zero-order valence-electron chi connectivity index (χ0n) is 17.6. The van der Waals surface area contributed by atoms with E-state index in [1.165, 1.54) is 11.1 Å². The van der Waals surface area contributed by atoms with Crippen LogP contribution in [0.1, 0.15) is 44.2 Å². The maximum Gasteiger partial charge on any atom is 0.228 e. The lowest BCUT2D eigenvalue weighted by Gasteiger charge is -2.65. The number of piperidine rings is 1. The van der Waals surface area contributed by atoms with Crippen LogP contribution in [0, 0.1) is 6.57 Å². The van der Waals surface area contributed by atoms with Crippen LogP contribution in [0.15, 0.2) is 23.8 Å². The molecule has 6 nitrogen and oxygen atoms in total. The second-order valence-corrected chi connectivity index (χ2v) is 9.71. The van der Waals surface area contributed by atoms with Crippen LogP contribution >= 0.6 is 0 Å².